The number of aromatic nitrogens is 2. The van der Waals surface area contributed by atoms with Gasteiger partial charge in [-0.15, -0.1) is 0 Å². The molecular weight excluding hydrogens is 363 g/mol. The molecule has 0 radical (unpaired) electrons. The molecule has 0 bridgehead atoms. The highest BCUT2D eigenvalue weighted by molar-refractivity contribution is 9.10. The van der Waals surface area contributed by atoms with Crippen molar-refractivity contribution in [2.24, 2.45) is 5.73 Å². The molecule has 3 heterocycles. The summed E-state index contributed by atoms with van der Waals surface area (Å²) in [6.07, 6.45) is 4.97. The zero-order valence-electron chi connectivity index (χ0n) is 12.4. The normalized spacial score (nSPS) is 22.0. The molecule has 2 aliphatic heterocycles. The molecule has 0 saturated carbocycles. The standard InChI is InChI=1S/C16H16BrFN4O/c17-13-8-21-14(9-20-13)22-5-3-16(4-6-22)15(19)11-7-10(18)1-2-12(11)23-16/h1-2,7-9,15H,3-6,19H2/t15-/m1/s1. The average molecular weight is 379 g/mol. The van der Waals surface area contributed by atoms with E-state index in [1.165, 1.54) is 12.1 Å². The van der Waals surface area contributed by atoms with Gasteiger partial charge in [-0.05, 0) is 34.1 Å². The van der Waals surface area contributed by atoms with E-state index in [0.717, 1.165) is 37.3 Å². The van der Waals surface area contributed by atoms with Gasteiger partial charge in [-0.25, -0.2) is 14.4 Å². The second-order valence-electron chi connectivity index (χ2n) is 6.01. The Hall–Kier alpha value is -1.73. The molecule has 2 N–H and O–H groups in total. The molecule has 1 spiro atoms. The first-order chi connectivity index (χ1) is 11.1. The van der Waals surface area contributed by atoms with Crippen LogP contribution in [-0.2, 0) is 0 Å². The highest BCUT2D eigenvalue weighted by Crippen LogP contribution is 2.47. The monoisotopic (exact) mass is 378 g/mol. The molecule has 2 aromatic rings. The number of halogens is 2. The Kier molecular flexibility index (Phi) is 3.50. The minimum absolute atomic E-state index is 0.276. The van der Waals surface area contributed by atoms with Gasteiger partial charge in [-0.1, -0.05) is 0 Å². The molecule has 1 aromatic heterocycles. The Bertz CT molecular complexity index is 731. The van der Waals surface area contributed by atoms with Gasteiger partial charge in [0.05, 0.1) is 18.4 Å². The summed E-state index contributed by atoms with van der Waals surface area (Å²) in [4.78, 5) is 10.8. The van der Waals surface area contributed by atoms with E-state index >= 15 is 0 Å². The summed E-state index contributed by atoms with van der Waals surface area (Å²) in [5.74, 6) is 1.27. The van der Waals surface area contributed by atoms with Crippen molar-refractivity contribution in [3.05, 3.63) is 46.6 Å². The van der Waals surface area contributed by atoms with E-state index in [2.05, 4.69) is 30.8 Å². The molecule has 1 saturated heterocycles. The Morgan fingerprint density at radius 2 is 2.04 bits per heavy atom. The van der Waals surface area contributed by atoms with Gasteiger partial charge in [0.1, 0.15) is 27.6 Å². The quantitative estimate of drug-likeness (QED) is 0.826. The lowest BCUT2D eigenvalue weighted by Gasteiger charge is -2.41. The van der Waals surface area contributed by atoms with Crippen molar-refractivity contribution in [3.8, 4) is 5.75 Å². The third-order valence-electron chi connectivity index (χ3n) is 4.73. The van der Waals surface area contributed by atoms with Crippen LogP contribution in [0.2, 0.25) is 0 Å². The maximum Gasteiger partial charge on any atom is 0.147 e. The summed E-state index contributed by atoms with van der Waals surface area (Å²) in [5, 5.41) is 0. The minimum atomic E-state index is -0.449. The van der Waals surface area contributed by atoms with Crippen LogP contribution < -0.4 is 15.4 Å². The second kappa shape index (κ2) is 5.42. The predicted octanol–water partition coefficient (Wildman–Crippen LogP) is 2.81. The van der Waals surface area contributed by atoms with E-state index in [9.17, 15) is 4.39 Å². The number of hydrogen-bond acceptors (Lipinski definition) is 5. The fraction of sp³-hybridized carbons (Fsp3) is 0.375. The van der Waals surface area contributed by atoms with Crippen molar-refractivity contribution in [1.29, 1.82) is 0 Å². The number of rotatable bonds is 1. The molecular formula is C16H16BrFN4O. The molecule has 4 rings (SSSR count). The fourth-order valence-corrected chi connectivity index (χ4v) is 3.62. The van der Waals surface area contributed by atoms with Crippen molar-refractivity contribution in [3.63, 3.8) is 0 Å². The molecule has 7 heteroatoms. The molecule has 23 heavy (non-hydrogen) atoms. The van der Waals surface area contributed by atoms with Crippen LogP contribution in [0, 0.1) is 5.82 Å². The van der Waals surface area contributed by atoms with E-state index in [1.807, 2.05) is 0 Å². The van der Waals surface area contributed by atoms with Crippen molar-refractivity contribution in [2.75, 3.05) is 18.0 Å². The minimum Gasteiger partial charge on any atom is -0.485 e. The van der Waals surface area contributed by atoms with Crippen LogP contribution in [0.5, 0.6) is 5.75 Å². The first kappa shape index (κ1) is 14.8. The van der Waals surface area contributed by atoms with Crippen molar-refractivity contribution < 1.29 is 9.13 Å². The summed E-state index contributed by atoms with van der Waals surface area (Å²) < 4.78 is 20.3. The smallest absolute Gasteiger partial charge is 0.147 e. The number of piperidine rings is 1. The zero-order chi connectivity index (χ0) is 16.0. The first-order valence-corrected chi connectivity index (χ1v) is 8.33. The number of nitrogens with zero attached hydrogens (tertiary/aromatic N) is 3. The van der Waals surface area contributed by atoms with Gasteiger partial charge in [-0.2, -0.15) is 0 Å². The first-order valence-electron chi connectivity index (χ1n) is 7.54. The molecule has 5 nitrogen and oxygen atoms in total. The van der Waals surface area contributed by atoms with Crippen LogP contribution in [0.1, 0.15) is 24.4 Å². The molecule has 0 aliphatic carbocycles. The lowest BCUT2D eigenvalue weighted by atomic mass is 9.83. The highest BCUT2D eigenvalue weighted by atomic mass is 79.9. The number of ether oxygens (including phenoxy) is 1. The van der Waals surface area contributed by atoms with Gasteiger partial charge >= 0.3 is 0 Å². The number of hydrogen-bond donors (Lipinski definition) is 1. The van der Waals surface area contributed by atoms with Gasteiger partial charge in [0.15, 0.2) is 0 Å². The maximum absolute atomic E-state index is 13.5. The second-order valence-corrected chi connectivity index (χ2v) is 6.82. The molecule has 0 unspecified atom stereocenters. The van der Waals surface area contributed by atoms with Crippen molar-refractivity contribution in [1.82, 2.24) is 9.97 Å². The van der Waals surface area contributed by atoms with Crippen molar-refractivity contribution >= 4 is 21.7 Å². The molecule has 0 amide bonds. The molecule has 120 valence electrons. The van der Waals surface area contributed by atoms with Gasteiger partial charge in [0.25, 0.3) is 0 Å². The highest BCUT2D eigenvalue weighted by Gasteiger charge is 2.48. The Balaban J connectivity index is 1.52. The zero-order valence-corrected chi connectivity index (χ0v) is 14.0. The number of nitrogens with two attached hydrogens (primary N) is 1. The third-order valence-corrected chi connectivity index (χ3v) is 5.14. The lowest BCUT2D eigenvalue weighted by molar-refractivity contribution is 0.0431. The van der Waals surface area contributed by atoms with Crippen LogP contribution in [0.4, 0.5) is 10.2 Å². The number of benzene rings is 1. The van der Waals surface area contributed by atoms with Crippen LogP contribution in [0.15, 0.2) is 35.2 Å². The van der Waals surface area contributed by atoms with Crippen LogP contribution in [0.25, 0.3) is 0 Å². The predicted molar refractivity (Wildman–Crippen MR) is 87.9 cm³/mol. The van der Waals surface area contributed by atoms with E-state index in [4.69, 9.17) is 10.5 Å². The van der Waals surface area contributed by atoms with Crippen molar-refractivity contribution in [2.45, 2.75) is 24.5 Å². The number of fused-ring (bicyclic) bond motifs is 1. The van der Waals surface area contributed by atoms with E-state index in [1.54, 1.807) is 18.5 Å². The molecule has 1 fully saturated rings. The largest absolute Gasteiger partial charge is 0.485 e. The van der Waals surface area contributed by atoms with E-state index in [0.29, 0.717) is 10.4 Å². The average Bonchev–Trinajstić information content (AvgIpc) is 2.82. The summed E-state index contributed by atoms with van der Waals surface area (Å²) in [7, 11) is 0. The number of anilines is 1. The SMILES string of the molecule is N[C@@H]1c2cc(F)ccc2OC12CCN(c1cnc(Br)cn1)CC2. The lowest BCUT2D eigenvalue weighted by Crippen LogP contribution is -2.51. The van der Waals surface area contributed by atoms with Crippen LogP contribution in [0.3, 0.4) is 0 Å². The van der Waals surface area contributed by atoms with Gasteiger partial charge < -0.3 is 15.4 Å². The Labute approximate surface area is 141 Å². The maximum atomic E-state index is 13.5. The molecule has 1 aromatic carbocycles. The molecule has 2 aliphatic rings. The van der Waals surface area contributed by atoms with Crippen LogP contribution in [-0.4, -0.2) is 28.7 Å². The third kappa shape index (κ3) is 2.48. The van der Waals surface area contributed by atoms with E-state index < -0.39 is 5.60 Å². The van der Waals surface area contributed by atoms with Gasteiger partial charge in [0, 0.05) is 31.5 Å². The van der Waals surface area contributed by atoms with Gasteiger partial charge in [0.2, 0.25) is 0 Å². The van der Waals surface area contributed by atoms with E-state index in [-0.39, 0.29) is 11.9 Å². The summed E-state index contributed by atoms with van der Waals surface area (Å²) in [5.41, 5.74) is 6.70. The summed E-state index contributed by atoms with van der Waals surface area (Å²) in [6.45, 7) is 1.56. The fourth-order valence-electron chi connectivity index (χ4n) is 3.42. The Morgan fingerprint density at radius 1 is 1.26 bits per heavy atom. The summed E-state index contributed by atoms with van der Waals surface area (Å²) >= 11 is 3.29. The van der Waals surface area contributed by atoms with Gasteiger partial charge in [-0.3, -0.25) is 0 Å². The van der Waals surface area contributed by atoms with Crippen LogP contribution >= 0.6 is 15.9 Å². The Morgan fingerprint density at radius 3 is 2.74 bits per heavy atom. The summed E-state index contributed by atoms with van der Waals surface area (Å²) in [6, 6.07) is 4.27. The molecule has 1 atom stereocenters. The topological polar surface area (TPSA) is 64.3 Å².